The lowest BCUT2D eigenvalue weighted by molar-refractivity contribution is 0.0827. The number of hydrogen-bond donors (Lipinski definition) is 1. The highest BCUT2D eigenvalue weighted by Gasteiger charge is 2.13. The lowest BCUT2D eigenvalue weighted by atomic mass is 10.1. The van der Waals surface area contributed by atoms with Gasteiger partial charge in [-0.3, -0.25) is 9.59 Å². The summed E-state index contributed by atoms with van der Waals surface area (Å²) in [5.74, 6) is -1.52. The van der Waals surface area contributed by atoms with Gasteiger partial charge in [0.1, 0.15) is 0 Å². The fourth-order valence-electron chi connectivity index (χ4n) is 1.75. The number of carbonyl (C=O) groups is 2. The molecule has 7 heteroatoms. The van der Waals surface area contributed by atoms with Gasteiger partial charge in [0, 0.05) is 37.5 Å². The van der Waals surface area contributed by atoms with Crippen molar-refractivity contribution in [1.82, 2.24) is 9.88 Å². The number of pyridine rings is 1. The summed E-state index contributed by atoms with van der Waals surface area (Å²) in [5, 5.41) is 2.83. The number of halogens is 2. The first-order valence-corrected chi connectivity index (χ1v) is 6.70. The van der Waals surface area contributed by atoms with E-state index in [2.05, 4.69) is 10.3 Å². The van der Waals surface area contributed by atoms with Crippen LogP contribution in [0.15, 0.2) is 36.5 Å². The summed E-state index contributed by atoms with van der Waals surface area (Å²) in [4.78, 5) is 28.8. The molecule has 0 saturated heterocycles. The molecule has 22 heavy (non-hydrogen) atoms. The molecule has 2 aromatic rings. The van der Waals surface area contributed by atoms with E-state index in [4.69, 9.17) is 11.6 Å². The zero-order valence-corrected chi connectivity index (χ0v) is 12.7. The van der Waals surface area contributed by atoms with Crippen LogP contribution in [0.2, 0.25) is 5.02 Å². The second-order valence-corrected chi connectivity index (χ2v) is 5.12. The number of hydrogen-bond acceptors (Lipinski definition) is 3. The molecule has 1 aromatic carbocycles. The van der Waals surface area contributed by atoms with E-state index >= 15 is 0 Å². The van der Waals surface area contributed by atoms with Gasteiger partial charge in [-0.2, -0.15) is 4.39 Å². The number of amides is 2. The zero-order valence-electron chi connectivity index (χ0n) is 11.9. The van der Waals surface area contributed by atoms with Gasteiger partial charge in [0.25, 0.3) is 11.8 Å². The van der Waals surface area contributed by atoms with Crippen molar-refractivity contribution < 1.29 is 14.0 Å². The molecule has 114 valence electrons. The van der Waals surface area contributed by atoms with Gasteiger partial charge in [-0.05, 0) is 24.3 Å². The SMILES string of the molecule is CN(C)C(=O)c1ccc(Cl)c(NC(=O)c2ccnc(F)c2)c1. The van der Waals surface area contributed by atoms with Crippen molar-refractivity contribution in [2.75, 3.05) is 19.4 Å². The van der Waals surface area contributed by atoms with Crippen molar-refractivity contribution >= 4 is 29.1 Å². The molecule has 0 saturated carbocycles. The Morgan fingerprint density at radius 3 is 2.55 bits per heavy atom. The minimum absolute atomic E-state index is 0.105. The van der Waals surface area contributed by atoms with Crippen LogP contribution in [-0.4, -0.2) is 35.8 Å². The molecule has 1 heterocycles. The minimum Gasteiger partial charge on any atom is -0.345 e. The molecule has 0 aliphatic carbocycles. The zero-order chi connectivity index (χ0) is 16.3. The summed E-state index contributed by atoms with van der Waals surface area (Å²) in [6, 6.07) is 6.94. The molecule has 1 N–H and O–H groups in total. The number of rotatable bonds is 3. The van der Waals surface area contributed by atoms with E-state index in [1.807, 2.05) is 0 Å². The Morgan fingerprint density at radius 1 is 1.18 bits per heavy atom. The summed E-state index contributed by atoms with van der Waals surface area (Å²) in [6.45, 7) is 0. The number of aromatic nitrogens is 1. The molecule has 5 nitrogen and oxygen atoms in total. The van der Waals surface area contributed by atoms with Crippen LogP contribution in [0, 0.1) is 5.95 Å². The van der Waals surface area contributed by atoms with Gasteiger partial charge in [-0.15, -0.1) is 0 Å². The average molecular weight is 322 g/mol. The monoisotopic (exact) mass is 321 g/mol. The molecular weight excluding hydrogens is 309 g/mol. The summed E-state index contributed by atoms with van der Waals surface area (Å²) in [6.07, 6.45) is 1.19. The number of nitrogens with zero attached hydrogens (tertiary/aromatic N) is 2. The van der Waals surface area contributed by atoms with Gasteiger partial charge < -0.3 is 10.2 Å². The van der Waals surface area contributed by atoms with Gasteiger partial charge >= 0.3 is 0 Å². The highest BCUT2D eigenvalue weighted by atomic mass is 35.5. The minimum atomic E-state index is -0.754. The maximum absolute atomic E-state index is 13.0. The molecule has 0 atom stereocenters. The number of anilines is 1. The highest BCUT2D eigenvalue weighted by molar-refractivity contribution is 6.34. The predicted octanol–water partition coefficient (Wildman–Crippen LogP) is 2.83. The molecular formula is C15H13ClFN3O2. The molecule has 0 unspecified atom stereocenters. The molecule has 0 aliphatic heterocycles. The second-order valence-electron chi connectivity index (χ2n) is 4.72. The van der Waals surface area contributed by atoms with Crippen LogP contribution >= 0.6 is 11.6 Å². The van der Waals surface area contributed by atoms with Crippen LogP contribution in [0.5, 0.6) is 0 Å². The van der Waals surface area contributed by atoms with Crippen molar-refractivity contribution in [3.8, 4) is 0 Å². The first-order chi connectivity index (χ1) is 10.4. The van der Waals surface area contributed by atoms with Crippen LogP contribution in [0.1, 0.15) is 20.7 Å². The highest BCUT2D eigenvalue weighted by Crippen LogP contribution is 2.24. The Morgan fingerprint density at radius 2 is 1.91 bits per heavy atom. The van der Waals surface area contributed by atoms with Gasteiger partial charge in [-0.1, -0.05) is 11.6 Å². The largest absolute Gasteiger partial charge is 0.345 e. The summed E-state index contributed by atoms with van der Waals surface area (Å²) in [7, 11) is 3.24. The van der Waals surface area contributed by atoms with E-state index in [0.29, 0.717) is 5.56 Å². The third-order valence-corrected chi connectivity index (χ3v) is 3.19. The maximum atomic E-state index is 13.0. The Bertz CT molecular complexity index is 734. The molecule has 0 spiro atoms. The van der Waals surface area contributed by atoms with Gasteiger partial charge in [0.15, 0.2) is 0 Å². The molecule has 0 radical (unpaired) electrons. The van der Waals surface area contributed by atoms with E-state index in [-0.39, 0.29) is 22.2 Å². The van der Waals surface area contributed by atoms with E-state index in [1.165, 1.54) is 29.3 Å². The average Bonchev–Trinajstić information content (AvgIpc) is 2.48. The van der Waals surface area contributed by atoms with Crippen molar-refractivity contribution in [1.29, 1.82) is 0 Å². The lowest BCUT2D eigenvalue weighted by Gasteiger charge is -2.13. The third kappa shape index (κ3) is 3.59. The third-order valence-electron chi connectivity index (χ3n) is 2.86. The molecule has 1 aromatic heterocycles. The van der Waals surface area contributed by atoms with E-state index < -0.39 is 11.9 Å². The standard InChI is InChI=1S/C15H13ClFN3O2/c1-20(2)15(22)10-3-4-11(16)12(7-10)19-14(21)9-5-6-18-13(17)8-9/h3-8H,1-2H3,(H,19,21). The van der Waals surface area contributed by atoms with Crippen LogP contribution < -0.4 is 5.32 Å². The van der Waals surface area contributed by atoms with Crippen LogP contribution in [0.4, 0.5) is 10.1 Å². The summed E-state index contributed by atoms with van der Waals surface area (Å²) in [5.41, 5.74) is 0.759. The van der Waals surface area contributed by atoms with Gasteiger partial charge in [0.2, 0.25) is 5.95 Å². The van der Waals surface area contributed by atoms with Gasteiger partial charge in [0.05, 0.1) is 10.7 Å². The maximum Gasteiger partial charge on any atom is 0.255 e. The second kappa shape index (κ2) is 6.53. The van der Waals surface area contributed by atoms with Crippen molar-refractivity contribution in [3.63, 3.8) is 0 Å². The summed E-state index contributed by atoms with van der Waals surface area (Å²) < 4.78 is 13.0. The molecule has 0 fully saturated rings. The molecule has 2 amide bonds. The number of carbonyl (C=O) groups excluding carboxylic acids is 2. The van der Waals surface area contributed by atoms with Crippen LogP contribution in [0.3, 0.4) is 0 Å². The molecule has 2 rings (SSSR count). The first-order valence-electron chi connectivity index (χ1n) is 6.32. The fraction of sp³-hybridized carbons (Fsp3) is 0.133. The number of benzene rings is 1. The van der Waals surface area contributed by atoms with E-state index in [1.54, 1.807) is 20.2 Å². The molecule has 0 bridgehead atoms. The Hall–Kier alpha value is -2.47. The smallest absolute Gasteiger partial charge is 0.255 e. The Balaban J connectivity index is 2.27. The van der Waals surface area contributed by atoms with Crippen molar-refractivity contribution in [2.24, 2.45) is 0 Å². The predicted molar refractivity (Wildman–Crippen MR) is 81.6 cm³/mol. The van der Waals surface area contributed by atoms with Crippen molar-refractivity contribution in [2.45, 2.75) is 0 Å². The Kier molecular flexibility index (Phi) is 4.72. The van der Waals surface area contributed by atoms with Crippen LogP contribution in [-0.2, 0) is 0 Å². The lowest BCUT2D eigenvalue weighted by Crippen LogP contribution is -2.22. The fourth-order valence-corrected chi connectivity index (χ4v) is 1.92. The topological polar surface area (TPSA) is 62.3 Å². The van der Waals surface area contributed by atoms with E-state index in [0.717, 1.165) is 6.07 Å². The van der Waals surface area contributed by atoms with Crippen LogP contribution in [0.25, 0.3) is 0 Å². The normalized spacial score (nSPS) is 10.2. The first kappa shape index (κ1) is 15.9. The molecule has 0 aliphatic rings. The quantitative estimate of drug-likeness (QED) is 0.884. The number of nitrogens with one attached hydrogen (secondary N) is 1. The van der Waals surface area contributed by atoms with E-state index in [9.17, 15) is 14.0 Å². The van der Waals surface area contributed by atoms with Gasteiger partial charge in [-0.25, -0.2) is 4.98 Å². The van der Waals surface area contributed by atoms with Crippen molar-refractivity contribution in [3.05, 3.63) is 58.6 Å². The summed E-state index contributed by atoms with van der Waals surface area (Å²) >= 11 is 6.02. The Labute approximate surface area is 131 Å².